The first kappa shape index (κ1) is 21.4. The van der Waals surface area contributed by atoms with E-state index in [2.05, 4.69) is 20.8 Å². The lowest BCUT2D eigenvalue weighted by Crippen LogP contribution is -2.36. The van der Waals surface area contributed by atoms with E-state index >= 15 is 0 Å². The van der Waals surface area contributed by atoms with Gasteiger partial charge in [-0.2, -0.15) is 4.68 Å². The molecule has 1 heterocycles. The van der Waals surface area contributed by atoms with Gasteiger partial charge in [0.25, 0.3) is 0 Å². The molecule has 156 valence electrons. The van der Waals surface area contributed by atoms with Crippen molar-refractivity contribution in [3.63, 3.8) is 0 Å². The summed E-state index contributed by atoms with van der Waals surface area (Å²) in [6, 6.07) is 11.6. The van der Waals surface area contributed by atoms with Gasteiger partial charge in [-0.25, -0.2) is 4.39 Å². The van der Waals surface area contributed by atoms with Crippen molar-refractivity contribution in [2.75, 3.05) is 24.7 Å². The minimum Gasteiger partial charge on any atom is -0.336 e. The zero-order valence-electron chi connectivity index (χ0n) is 16.8. The molecule has 1 aromatic heterocycles. The molecule has 0 unspecified atom stereocenters. The van der Waals surface area contributed by atoms with E-state index in [9.17, 15) is 14.0 Å². The van der Waals surface area contributed by atoms with Crippen molar-refractivity contribution in [2.24, 2.45) is 0 Å². The summed E-state index contributed by atoms with van der Waals surface area (Å²) < 4.78 is 14.8. The third kappa shape index (κ3) is 5.20. The third-order valence-corrected chi connectivity index (χ3v) is 5.27. The number of rotatable bonds is 7. The third-order valence-electron chi connectivity index (χ3n) is 4.37. The molecule has 30 heavy (non-hydrogen) atoms. The Morgan fingerprint density at radius 3 is 2.57 bits per heavy atom. The van der Waals surface area contributed by atoms with Gasteiger partial charge < -0.3 is 10.2 Å². The summed E-state index contributed by atoms with van der Waals surface area (Å²) in [7, 11) is 1.56. The van der Waals surface area contributed by atoms with Crippen molar-refractivity contribution in [3.05, 3.63) is 59.4 Å². The fraction of sp³-hybridized carbons (Fsp3) is 0.250. The van der Waals surface area contributed by atoms with Crippen LogP contribution in [-0.2, 0) is 9.59 Å². The van der Waals surface area contributed by atoms with Crippen molar-refractivity contribution in [3.8, 4) is 5.69 Å². The lowest BCUT2D eigenvalue weighted by molar-refractivity contribution is -0.131. The Kier molecular flexibility index (Phi) is 6.78. The van der Waals surface area contributed by atoms with Gasteiger partial charge in [-0.15, -0.1) is 5.10 Å². The molecule has 0 saturated heterocycles. The van der Waals surface area contributed by atoms with Crippen LogP contribution in [0.1, 0.15) is 11.1 Å². The molecule has 10 heteroatoms. The Morgan fingerprint density at radius 2 is 1.87 bits per heavy atom. The highest BCUT2D eigenvalue weighted by Gasteiger charge is 2.17. The summed E-state index contributed by atoms with van der Waals surface area (Å²) in [6.07, 6.45) is 0. The molecule has 8 nitrogen and oxygen atoms in total. The van der Waals surface area contributed by atoms with Gasteiger partial charge in [0.15, 0.2) is 0 Å². The summed E-state index contributed by atoms with van der Waals surface area (Å²) in [6.45, 7) is 3.75. The number of thioether (sulfide) groups is 1. The number of amides is 2. The number of nitrogens with one attached hydrogen (secondary N) is 1. The normalized spacial score (nSPS) is 10.7. The van der Waals surface area contributed by atoms with Crippen molar-refractivity contribution in [1.29, 1.82) is 0 Å². The van der Waals surface area contributed by atoms with Crippen molar-refractivity contribution in [1.82, 2.24) is 25.1 Å². The molecular formula is C20H21FN6O2S. The SMILES string of the molecule is Cc1cccc(C)c1NC(=O)CN(C)C(=O)CSc1nnnn1-c1cccc(F)c1. The number of hydrogen-bond acceptors (Lipinski definition) is 6. The topological polar surface area (TPSA) is 93.0 Å². The zero-order chi connectivity index (χ0) is 21.7. The van der Waals surface area contributed by atoms with Gasteiger partial charge >= 0.3 is 0 Å². The summed E-state index contributed by atoms with van der Waals surface area (Å²) >= 11 is 1.11. The van der Waals surface area contributed by atoms with E-state index in [0.717, 1.165) is 28.6 Å². The minimum atomic E-state index is -0.412. The maximum absolute atomic E-state index is 13.5. The number of carbonyl (C=O) groups excluding carboxylic acids is 2. The van der Waals surface area contributed by atoms with Gasteiger partial charge in [-0.3, -0.25) is 9.59 Å². The van der Waals surface area contributed by atoms with E-state index in [-0.39, 0.29) is 24.1 Å². The standard InChI is InChI=1S/C20H21FN6O2S/c1-13-6-4-7-14(2)19(13)22-17(28)11-26(3)18(29)12-30-20-23-24-25-27(20)16-9-5-8-15(21)10-16/h4-10H,11-12H2,1-3H3,(H,22,28). The Labute approximate surface area is 177 Å². The Hall–Kier alpha value is -3.27. The molecule has 3 rings (SSSR count). The number of hydrogen-bond donors (Lipinski definition) is 1. The van der Waals surface area contributed by atoms with Crippen LogP contribution in [0.25, 0.3) is 5.69 Å². The van der Waals surface area contributed by atoms with Crippen molar-refractivity contribution < 1.29 is 14.0 Å². The van der Waals surface area contributed by atoms with Crippen LogP contribution < -0.4 is 5.32 Å². The number of anilines is 1. The largest absolute Gasteiger partial charge is 0.336 e. The molecule has 0 spiro atoms. The molecule has 0 aliphatic rings. The van der Waals surface area contributed by atoms with Gasteiger partial charge in [0.2, 0.25) is 17.0 Å². The summed E-state index contributed by atoms with van der Waals surface area (Å²) in [4.78, 5) is 26.1. The second-order valence-electron chi connectivity index (χ2n) is 6.71. The maximum Gasteiger partial charge on any atom is 0.243 e. The number of para-hydroxylation sites is 1. The van der Waals surface area contributed by atoms with Crippen LogP contribution in [0.3, 0.4) is 0 Å². The van der Waals surface area contributed by atoms with Crippen LogP contribution >= 0.6 is 11.8 Å². The van der Waals surface area contributed by atoms with Crippen LogP contribution in [0.15, 0.2) is 47.6 Å². The van der Waals surface area contributed by atoms with E-state index in [0.29, 0.717) is 10.8 Å². The summed E-state index contributed by atoms with van der Waals surface area (Å²) in [5.41, 5.74) is 3.12. The van der Waals surface area contributed by atoms with Crippen LogP contribution in [0.5, 0.6) is 0 Å². The van der Waals surface area contributed by atoms with E-state index in [1.807, 2.05) is 32.0 Å². The monoisotopic (exact) mass is 428 g/mol. The number of tetrazole rings is 1. The number of nitrogens with zero attached hydrogens (tertiary/aromatic N) is 5. The van der Waals surface area contributed by atoms with E-state index < -0.39 is 5.82 Å². The average molecular weight is 428 g/mol. The molecule has 0 bridgehead atoms. The molecule has 0 atom stereocenters. The second-order valence-corrected chi connectivity index (χ2v) is 7.65. The number of carbonyl (C=O) groups is 2. The number of halogens is 1. The number of benzene rings is 2. The second kappa shape index (κ2) is 9.49. The fourth-order valence-corrected chi connectivity index (χ4v) is 3.60. The zero-order valence-corrected chi connectivity index (χ0v) is 17.6. The Bertz CT molecular complexity index is 1050. The predicted octanol–water partition coefficient (Wildman–Crippen LogP) is 2.61. The molecule has 2 amide bonds. The molecule has 3 aromatic rings. The van der Waals surface area contributed by atoms with Gasteiger partial charge in [0.05, 0.1) is 18.0 Å². The molecule has 1 N–H and O–H groups in total. The van der Waals surface area contributed by atoms with Crippen molar-refractivity contribution in [2.45, 2.75) is 19.0 Å². The fourth-order valence-electron chi connectivity index (χ4n) is 2.77. The molecule has 0 radical (unpaired) electrons. The predicted molar refractivity (Wildman–Crippen MR) is 112 cm³/mol. The molecular weight excluding hydrogens is 407 g/mol. The molecule has 0 fully saturated rings. The number of likely N-dealkylation sites (N-methyl/N-ethyl adjacent to an activating group) is 1. The minimum absolute atomic E-state index is 0.0306. The number of aryl methyl sites for hydroxylation is 2. The Balaban J connectivity index is 1.57. The van der Waals surface area contributed by atoms with Gasteiger partial charge in [-0.05, 0) is 53.6 Å². The average Bonchev–Trinajstić information content (AvgIpc) is 3.17. The van der Waals surface area contributed by atoms with Gasteiger partial charge in [0.1, 0.15) is 5.82 Å². The maximum atomic E-state index is 13.5. The highest BCUT2D eigenvalue weighted by Crippen LogP contribution is 2.20. The van der Waals surface area contributed by atoms with Crippen LogP contribution in [0.2, 0.25) is 0 Å². The smallest absolute Gasteiger partial charge is 0.243 e. The van der Waals surface area contributed by atoms with Crippen LogP contribution in [0, 0.1) is 19.7 Å². The molecule has 0 aliphatic heterocycles. The first-order valence-corrected chi connectivity index (χ1v) is 10.1. The lowest BCUT2D eigenvalue weighted by Gasteiger charge is -2.18. The van der Waals surface area contributed by atoms with E-state index in [4.69, 9.17) is 0 Å². The lowest BCUT2D eigenvalue weighted by atomic mass is 10.1. The Morgan fingerprint density at radius 1 is 1.17 bits per heavy atom. The molecule has 2 aromatic carbocycles. The quantitative estimate of drug-likeness (QED) is 0.582. The molecule has 0 saturated carbocycles. The highest BCUT2D eigenvalue weighted by molar-refractivity contribution is 7.99. The van der Waals surface area contributed by atoms with E-state index in [1.165, 1.54) is 21.7 Å². The van der Waals surface area contributed by atoms with Crippen LogP contribution in [0.4, 0.5) is 10.1 Å². The van der Waals surface area contributed by atoms with Crippen LogP contribution in [-0.4, -0.2) is 56.3 Å². The highest BCUT2D eigenvalue weighted by atomic mass is 32.2. The van der Waals surface area contributed by atoms with E-state index in [1.54, 1.807) is 19.2 Å². The first-order valence-electron chi connectivity index (χ1n) is 9.12. The molecule has 0 aliphatic carbocycles. The first-order chi connectivity index (χ1) is 14.3. The van der Waals surface area contributed by atoms with Gasteiger partial charge in [-0.1, -0.05) is 36.0 Å². The summed E-state index contributed by atoms with van der Waals surface area (Å²) in [5, 5.41) is 14.5. The van der Waals surface area contributed by atoms with Crippen molar-refractivity contribution >= 4 is 29.3 Å². The number of aromatic nitrogens is 4. The van der Waals surface area contributed by atoms with Gasteiger partial charge in [0, 0.05) is 12.7 Å². The summed E-state index contributed by atoms with van der Waals surface area (Å²) in [5.74, 6) is -0.920.